The molecule has 0 aliphatic carbocycles. The van der Waals surface area contributed by atoms with E-state index in [1.54, 1.807) is 0 Å². The number of anilines is 1. The van der Waals surface area contributed by atoms with Crippen molar-refractivity contribution in [2.24, 2.45) is 0 Å². The third kappa shape index (κ3) is 6.01. The summed E-state index contributed by atoms with van der Waals surface area (Å²) in [7, 11) is 0. The fourth-order valence-electron chi connectivity index (χ4n) is 4.56. The van der Waals surface area contributed by atoms with Gasteiger partial charge in [-0.05, 0) is 63.5 Å². The number of ether oxygens (including phenoxy) is 1. The predicted molar refractivity (Wildman–Crippen MR) is 126 cm³/mol. The van der Waals surface area contributed by atoms with E-state index in [1.165, 1.54) is 43.5 Å². The van der Waals surface area contributed by atoms with E-state index in [4.69, 9.17) is 4.74 Å². The fourth-order valence-corrected chi connectivity index (χ4v) is 4.56. The summed E-state index contributed by atoms with van der Waals surface area (Å²) >= 11 is 0. The van der Waals surface area contributed by atoms with E-state index in [2.05, 4.69) is 52.4 Å². The number of aryl methyl sites for hydroxylation is 1. The highest BCUT2D eigenvalue weighted by molar-refractivity contribution is 5.77. The minimum absolute atomic E-state index is 0.0262. The molecule has 2 aromatic carbocycles. The number of benzene rings is 2. The number of hydrogen-bond acceptors (Lipinski definition) is 4. The van der Waals surface area contributed by atoms with Crippen LogP contribution in [0.15, 0.2) is 48.5 Å². The molecule has 2 aliphatic rings. The molecule has 1 saturated heterocycles. The van der Waals surface area contributed by atoms with Crippen LogP contribution in [0.1, 0.15) is 43.2 Å². The van der Waals surface area contributed by atoms with Gasteiger partial charge in [0.25, 0.3) is 0 Å². The summed E-state index contributed by atoms with van der Waals surface area (Å²) in [4.78, 5) is 17.6. The molecule has 4 rings (SSSR count). The molecule has 0 spiro atoms. The Morgan fingerprint density at radius 2 is 1.84 bits per heavy atom. The number of carbonyl (C=O) groups excluding carboxylic acids is 1. The Labute approximate surface area is 186 Å². The van der Waals surface area contributed by atoms with Crippen LogP contribution in [0, 0.1) is 6.92 Å². The molecule has 31 heavy (non-hydrogen) atoms. The molecule has 0 aromatic heterocycles. The SMILES string of the molecule is Cc1ccc(CN2c3ccccc3OCC2CC(=O)NCCCN2CCCCC2)cc1. The largest absolute Gasteiger partial charge is 0.489 e. The number of piperidine rings is 1. The topological polar surface area (TPSA) is 44.8 Å². The van der Waals surface area contributed by atoms with Crippen LogP contribution in [0.2, 0.25) is 0 Å². The molecule has 2 heterocycles. The Morgan fingerprint density at radius 1 is 1.06 bits per heavy atom. The molecule has 2 aromatic rings. The molecule has 5 nitrogen and oxygen atoms in total. The smallest absolute Gasteiger partial charge is 0.222 e. The molecular weight excluding hydrogens is 386 g/mol. The maximum Gasteiger partial charge on any atom is 0.222 e. The van der Waals surface area contributed by atoms with Crippen molar-refractivity contribution in [2.45, 2.75) is 51.6 Å². The second kappa shape index (κ2) is 10.7. The van der Waals surface area contributed by atoms with Gasteiger partial charge in [-0.15, -0.1) is 0 Å². The summed E-state index contributed by atoms with van der Waals surface area (Å²) in [6.07, 6.45) is 5.45. The first-order valence-corrected chi connectivity index (χ1v) is 11.7. The average Bonchev–Trinajstić information content (AvgIpc) is 2.80. The summed E-state index contributed by atoms with van der Waals surface area (Å²) in [5, 5.41) is 3.14. The van der Waals surface area contributed by atoms with E-state index >= 15 is 0 Å². The van der Waals surface area contributed by atoms with Gasteiger partial charge in [-0.3, -0.25) is 4.79 Å². The lowest BCUT2D eigenvalue weighted by molar-refractivity contribution is -0.121. The number of fused-ring (bicyclic) bond motifs is 1. The molecule has 0 bridgehead atoms. The van der Waals surface area contributed by atoms with Crippen LogP contribution in [0.5, 0.6) is 5.75 Å². The number of para-hydroxylation sites is 2. The Hall–Kier alpha value is -2.53. The molecule has 1 fully saturated rings. The molecule has 1 N–H and O–H groups in total. The summed E-state index contributed by atoms with van der Waals surface area (Å²) in [6, 6.07) is 16.8. The monoisotopic (exact) mass is 421 g/mol. The summed E-state index contributed by atoms with van der Waals surface area (Å²) in [6.45, 7) is 7.66. The van der Waals surface area contributed by atoms with Crippen molar-refractivity contribution in [2.75, 3.05) is 37.7 Å². The van der Waals surface area contributed by atoms with E-state index in [0.717, 1.165) is 37.5 Å². The molecule has 1 unspecified atom stereocenters. The number of carbonyl (C=O) groups is 1. The van der Waals surface area contributed by atoms with Crippen molar-refractivity contribution in [3.63, 3.8) is 0 Å². The minimum Gasteiger partial charge on any atom is -0.489 e. The standard InChI is InChI=1S/C26H35N3O2/c1-21-10-12-22(13-11-21)19-29-23(20-31-25-9-4-3-8-24(25)29)18-26(30)27-14-7-17-28-15-5-2-6-16-28/h3-4,8-13,23H,2,5-7,14-20H2,1H3,(H,27,30). The summed E-state index contributed by atoms with van der Waals surface area (Å²) in [5.41, 5.74) is 3.57. The highest BCUT2D eigenvalue weighted by atomic mass is 16.5. The van der Waals surface area contributed by atoms with E-state index in [9.17, 15) is 4.79 Å². The van der Waals surface area contributed by atoms with Crippen LogP contribution >= 0.6 is 0 Å². The average molecular weight is 422 g/mol. The Bertz CT molecular complexity index is 846. The first-order chi connectivity index (χ1) is 15.2. The van der Waals surface area contributed by atoms with Crippen molar-refractivity contribution in [3.8, 4) is 5.75 Å². The van der Waals surface area contributed by atoms with Crippen molar-refractivity contribution in [3.05, 3.63) is 59.7 Å². The maximum atomic E-state index is 12.7. The molecule has 5 heteroatoms. The van der Waals surface area contributed by atoms with Gasteiger partial charge in [0.15, 0.2) is 0 Å². The number of nitrogens with zero attached hydrogens (tertiary/aromatic N) is 2. The number of rotatable bonds is 8. The lowest BCUT2D eigenvalue weighted by Gasteiger charge is -2.38. The Balaban J connectivity index is 1.34. The molecule has 166 valence electrons. The lowest BCUT2D eigenvalue weighted by atomic mass is 10.1. The van der Waals surface area contributed by atoms with E-state index < -0.39 is 0 Å². The number of amides is 1. The zero-order chi connectivity index (χ0) is 21.5. The Morgan fingerprint density at radius 3 is 2.65 bits per heavy atom. The van der Waals surface area contributed by atoms with E-state index in [1.807, 2.05) is 18.2 Å². The maximum absolute atomic E-state index is 12.7. The highest BCUT2D eigenvalue weighted by Gasteiger charge is 2.29. The predicted octanol–water partition coefficient (Wildman–Crippen LogP) is 4.14. The molecule has 1 amide bonds. The van der Waals surface area contributed by atoms with Crippen molar-refractivity contribution >= 4 is 11.6 Å². The number of nitrogens with one attached hydrogen (secondary N) is 1. The van der Waals surface area contributed by atoms with Gasteiger partial charge in [0, 0.05) is 13.1 Å². The van der Waals surface area contributed by atoms with Gasteiger partial charge in [0.05, 0.1) is 18.2 Å². The quantitative estimate of drug-likeness (QED) is 0.651. The van der Waals surface area contributed by atoms with Crippen molar-refractivity contribution < 1.29 is 9.53 Å². The van der Waals surface area contributed by atoms with Crippen LogP contribution in [-0.4, -0.2) is 49.6 Å². The summed E-state index contributed by atoms with van der Waals surface area (Å²) in [5.74, 6) is 1.01. The van der Waals surface area contributed by atoms with Gasteiger partial charge < -0.3 is 19.9 Å². The van der Waals surface area contributed by atoms with Gasteiger partial charge in [-0.25, -0.2) is 0 Å². The minimum atomic E-state index is 0.0262. The van der Waals surface area contributed by atoms with E-state index in [0.29, 0.717) is 13.0 Å². The fraction of sp³-hybridized carbons (Fsp3) is 0.500. The molecular formula is C26H35N3O2. The van der Waals surface area contributed by atoms with Crippen LogP contribution < -0.4 is 15.0 Å². The first kappa shape index (κ1) is 21.7. The zero-order valence-electron chi connectivity index (χ0n) is 18.7. The Kier molecular flexibility index (Phi) is 7.47. The molecule has 0 radical (unpaired) electrons. The van der Waals surface area contributed by atoms with Crippen LogP contribution in [0.3, 0.4) is 0 Å². The zero-order valence-corrected chi connectivity index (χ0v) is 18.7. The third-order valence-electron chi connectivity index (χ3n) is 6.36. The second-order valence-corrected chi connectivity index (χ2v) is 8.86. The number of hydrogen-bond donors (Lipinski definition) is 1. The van der Waals surface area contributed by atoms with E-state index in [-0.39, 0.29) is 11.9 Å². The summed E-state index contributed by atoms with van der Waals surface area (Å²) < 4.78 is 6.00. The van der Waals surface area contributed by atoms with Gasteiger partial charge in [-0.1, -0.05) is 48.4 Å². The second-order valence-electron chi connectivity index (χ2n) is 8.86. The molecule has 0 saturated carbocycles. The van der Waals surface area contributed by atoms with Crippen molar-refractivity contribution in [1.82, 2.24) is 10.2 Å². The van der Waals surface area contributed by atoms with Gasteiger partial charge in [0.1, 0.15) is 12.4 Å². The molecule has 2 aliphatic heterocycles. The van der Waals surface area contributed by atoms with Crippen LogP contribution in [-0.2, 0) is 11.3 Å². The highest BCUT2D eigenvalue weighted by Crippen LogP contribution is 2.35. The first-order valence-electron chi connectivity index (χ1n) is 11.7. The van der Waals surface area contributed by atoms with Crippen LogP contribution in [0.4, 0.5) is 5.69 Å². The van der Waals surface area contributed by atoms with Gasteiger partial charge in [0.2, 0.25) is 5.91 Å². The normalized spacial score (nSPS) is 18.9. The molecule has 1 atom stereocenters. The third-order valence-corrected chi connectivity index (χ3v) is 6.36. The lowest BCUT2D eigenvalue weighted by Crippen LogP contribution is -2.45. The number of likely N-dealkylation sites (tertiary alicyclic amines) is 1. The van der Waals surface area contributed by atoms with Crippen molar-refractivity contribution in [1.29, 1.82) is 0 Å². The van der Waals surface area contributed by atoms with Gasteiger partial charge in [-0.2, -0.15) is 0 Å². The van der Waals surface area contributed by atoms with Gasteiger partial charge >= 0.3 is 0 Å². The van der Waals surface area contributed by atoms with Crippen LogP contribution in [0.25, 0.3) is 0 Å².